The molecule has 1 aromatic rings. The van der Waals surface area contributed by atoms with Gasteiger partial charge in [0, 0.05) is 19.1 Å². The first-order chi connectivity index (χ1) is 7.28. The van der Waals surface area contributed by atoms with Crippen molar-refractivity contribution in [1.29, 1.82) is 0 Å². The number of likely N-dealkylation sites (tertiary alicyclic amines) is 1. The molecule has 5 nitrogen and oxygen atoms in total. The highest BCUT2D eigenvalue weighted by molar-refractivity contribution is 5.34. The molecule has 2 rings (SSSR count). The van der Waals surface area contributed by atoms with E-state index in [1.807, 2.05) is 12.1 Å². The quantitative estimate of drug-likeness (QED) is 0.733. The molecule has 0 saturated carbocycles. The Morgan fingerprint density at radius 3 is 2.93 bits per heavy atom. The van der Waals surface area contributed by atoms with E-state index in [1.165, 1.54) is 0 Å². The molecule has 3 N–H and O–H groups in total. The van der Waals surface area contributed by atoms with Crippen LogP contribution >= 0.6 is 0 Å². The molecule has 2 heterocycles. The van der Waals surface area contributed by atoms with E-state index >= 15 is 0 Å². The molecule has 0 aromatic carbocycles. The highest BCUT2D eigenvalue weighted by Gasteiger charge is 2.19. The van der Waals surface area contributed by atoms with E-state index < -0.39 is 0 Å². The number of hydrogen-bond acceptors (Lipinski definition) is 5. The topological polar surface area (TPSA) is 67.1 Å². The number of nitrogens with one attached hydrogen (secondary N) is 1. The number of nitrogens with zero attached hydrogens (tertiary/aromatic N) is 3. The summed E-state index contributed by atoms with van der Waals surface area (Å²) in [6.45, 7) is 2.66. The van der Waals surface area contributed by atoms with Gasteiger partial charge in [0.15, 0.2) is 0 Å². The minimum atomic E-state index is 0.444. The zero-order valence-electron chi connectivity index (χ0n) is 8.98. The van der Waals surface area contributed by atoms with Crippen LogP contribution < -0.4 is 11.1 Å². The van der Waals surface area contributed by atoms with E-state index in [2.05, 4.69) is 27.5 Å². The van der Waals surface area contributed by atoms with Gasteiger partial charge in [0.05, 0.1) is 5.69 Å². The van der Waals surface area contributed by atoms with Crippen LogP contribution in [0.3, 0.4) is 0 Å². The van der Waals surface area contributed by atoms with Crippen LogP contribution in [0.1, 0.15) is 12.1 Å². The van der Waals surface area contributed by atoms with Crippen LogP contribution in [-0.2, 0) is 6.54 Å². The maximum Gasteiger partial charge on any atom is 0.148 e. The van der Waals surface area contributed by atoms with Crippen LogP contribution in [0.4, 0.5) is 5.82 Å². The lowest BCUT2D eigenvalue weighted by Gasteiger charge is -2.12. The second-order valence-electron chi connectivity index (χ2n) is 4.01. The molecule has 0 aliphatic carbocycles. The molecule has 0 bridgehead atoms. The molecule has 1 aliphatic heterocycles. The predicted octanol–water partition coefficient (Wildman–Crippen LogP) is 0.0513. The van der Waals surface area contributed by atoms with Gasteiger partial charge in [0.2, 0.25) is 0 Å². The smallest absolute Gasteiger partial charge is 0.148 e. The van der Waals surface area contributed by atoms with E-state index in [1.54, 1.807) is 0 Å². The highest BCUT2D eigenvalue weighted by atomic mass is 15.2. The van der Waals surface area contributed by atoms with Gasteiger partial charge >= 0.3 is 0 Å². The Balaban J connectivity index is 1.93. The van der Waals surface area contributed by atoms with Crippen LogP contribution in [0, 0.1) is 0 Å². The predicted molar refractivity (Wildman–Crippen MR) is 59.4 cm³/mol. The molecule has 15 heavy (non-hydrogen) atoms. The fourth-order valence-electron chi connectivity index (χ4n) is 1.81. The molecule has 0 amide bonds. The summed E-state index contributed by atoms with van der Waals surface area (Å²) in [6, 6.07) is 4.34. The van der Waals surface area contributed by atoms with Gasteiger partial charge in [0.25, 0.3) is 0 Å². The van der Waals surface area contributed by atoms with E-state index in [-0.39, 0.29) is 0 Å². The van der Waals surface area contributed by atoms with Crippen molar-refractivity contribution in [3.8, 4) is 0 Å². The Bertz CT molecular complexity index is 310. The van der Waals surface area contributed by atoms with E-state index in [0.29, 0.717) is 12.6 Å². The van der Waals surface area contributed by atoms with Gasteiger partial charge in [0.1, 0.15) is 5.82 Å². The molecule has 1 atom stereocenters. The van der Waals surface area contributed by atoms with Crippen molar-refractivity contribution < 1.29 is 0 Å². The average Bonchev–Trinajstić information content (AvgIpc) is 2.65. The second-order valence-corrected chi connectivity index (χ2v) is 4.01. The maximum atomic E-state index is 5.45. The third kappa shape index (κ3) is 2.64. The summed E-state index contributed by atoms with van der Waals surface area (Å²) in [5.74, 6) is 0.840. The molecule has 82 valence electrons. The largest absolute Gasteiger partial charge is 0.365 e. The third-order valence-electron chi connectivity index (χ3n) is 2.67. The summed E-state index contributed by atoms with van der Waals surface area (Å²) in [6.07, 6.45) is 1.16. The van der Waals surface area contributed by atoms with Crippen LogP contribution in [0.15, 0.2) is 12.1 Å². The molecule has 0 radical (unpaired) electrons. The van der Waals surface area contributed by atoms with Gasteiger partial charge in [-0.3, -0.25) is 0 Å². The number of likely N-dealkylation sites (N-methyl/N-ethyl adjacent to an activating group) is 1. The molecule has 1 aromatic heterocycles. The Morgan fingerprint density at radius 2 is 2.40 bits per heavy atom. The number of hydrogen-bond donors (Lipinski definition) is 2. The molecule has 1 fully saturated rings. The van der Waals surface area contributed by atoms with Crippen molar-refractivity contribution >= 4 is 5.82 Å². The Morgan fingerprint density at radius 1 is 1.53 bits per heavy atom. The second kappa shape index (κ2) is 4.55. The molecule has 1 aliphatic rings. The number of nitrogens with two attached hydrogens (primary N) is 1. The summed E-state index contributed by atoms with van der Waals surface area (Å²) >= 11 is 0. The summed E-state index contributed by atoms with van der Waals surface area (Å²) < 4.78 is 0. The van der Waals surface area contributed by atoms with E-state index in [0.717, 1.165) is 31.0 Å². The van der Waals surface area contributed by atoms with Gasteiger partial charge in [-0.25, -0.2) is 0 Å². The average molecular weight is 207 g/mol. The number of anilines is 1. The first-order valence-electron chi connectivity index (χ1n) is 5.25. The monoisotopic (exact) mass is 207 g/mol. The molecule has 1 saturated heterocycles. The van der Waals surface area contributed by atoms with Crippen molar-refractivity contribution in [3.05, 3.63) is 17.8 Å². The van der Waals surface area contributed by atoms with Crippen LogP contribution in [-0.4, -0.2) is 41.3 Å². The molecule has 5 heteroatoms. The molecule has 1 unspecified atom stereocenters. The van der Waals surface area contributed by atoms with Crippen molar-refractivity contribution in [2.75, 3.05) is 25.5 Å². The summed E-state index contributed by atoms with van der Waals surface area (Å²) in [5, 5.41) is 11.5. The summed E-state index contributed by atoms with van der Waals surface area (Å²) in [4.78, 5) is 2.30. The lowest BCUT2D eigenvalue weighted by Crippen LogP contribution is -2.24. The van der Waals surface area contributed by atoms with Crippen LogP contribution in [0.25, 0.3) is 0 Å². The minimum absolute atomic E-state index is 0.444. The lowest BCUT2D eigenvalue weighted by atomic mass is 10.2. The molecule has 0 spiro atoms. The van der Waals surface area contributed by atoms with Gasteiger partial charge in [-0.2, -0.15) is 5.10 Å². The van der Waals surface area contributed by atoms with E-state index in [4.69, 9.17) is 5.73 Å². The third-order valence-corrected chi connectivity index (χ3v) is 2.67. The lowest BCUT2D eigenvalue weighted by molar-refractivity contribution is 0.414. The van der Waals surface area contributed by atoms with Crippen molar-refractivity contribution in [2.45, 2.75) is 19.0 Å². The summed E-state index contributed by atoms with van der Waals surface area (Å²) in [7, 11) is 2.13. The summed E-state index contributed by atoms with van der Waals surface area (Å²) in [5.41, 5.74) is 6.28. The first kappa shape index (κ1) is 10.3. The zero-order chi connectivity index (χ0) is 10.7. The van der Waals surface area contributed by atoms with Gasteiger partial charge < -0.3 is 16.0 Å². The van der Waals surface area contributed by atoms with Gasteiger partial charge in [-0.15, -0.1) is 5.10 Å². The molecular weight excluding hydrogens is 190 g/mol. The standard InChI is InChI=1S/C10H17N5/c1-15-5-4-9(7-15)12-10-3-2-8(6-11)13-14-10/h2-3,9H,4-7,11H2,1H3,(H,12,14). The van der Waals surface area contributed by atoms with Crippen molar-refractivity contribution in [1.82, 2.24) is 15.1 Å². The van der Waals surface area contributed by atoms with Crippen LogP contribution in [0.5, 0.6) is 0 Å². The number of aromatic nitrogens is 2. The van der Waals surface area contributed by atoms with Crippen LogP contribution in [0.2, 0.25) is 0 Å². The van der Waals surface area contributed by atoms with Gasteiger partial charge in [-0.1, -0.05) is 0 Å². The van der Waals surface area contributed by atoms with Crippen molar-refractivity contribution in [3.63, 3.8) is 0 Å². The fourth-order valence-corrected chi connectivity index (χ4v) is 1.81. The number of rotatable bonds is 3. The minimum Gasteiger partial charge on any atom is -0.365 e. The SMILES string of the molecule is CN1CCC(Nc2ccc(CN)nn2)C1. The fraction of sp³-hybridized carbons (Fsp3) is 0.600. The Labute approximate surface area is 89.7 Å². The molecular formula is C10H17N5. The Kier molecular flexibility index (Phi) is 3.13. The zero-order valence-corrected chi connectivity index (χ0v) is 8.98. The van der Waals surface area contributed by atoms with Crippen molar-refractivity contribution in [2.24, 2.45) is 5.73 Å². The Hall–Kier alpha value is -1.20. The van der Waals surface area contributed by atoms with E-state index in [9.17, 15) is 0 Å². The van der Waals surface area contributed by atoms with Gasteiger partial charge in [-0.05, 0) is 32.1 Å². The maximum absolute atomic E-state index is 5.45. The highest BCUT2D eigenvalue weighted by Crippen LogP contribution is 2.12. The normalized spacial score (nSPS) is 21.9. The first-order valence-corrected chi connectivity index (χ1v) is 5.25.